The number of amides is 3. The van der Waals surface area contributed by atoms with E-state index >= 15 is 0 Å². The zero-order valence-corrected chi connectivity index (χ0v) is 20.7. The summed E-state index contributed by atoms with van der Waals surface area (Å²) in [6.45, 7) is 12.3. The first-order valence-electron chi connectivity index (χ1n) is 11.2. The molecule has 186 valence electrons. The summed E-state index contributed by atoms with van der Waals surface area (Å²) in [6.07, 6.45) is -0.182. The summed E-state index contributed by atoms with van der Waals surface area (Å²) >= 11 is 0. The lowest BCUT2D eigenvalue weighted by Gasteiger charge is -2.24. The van der Waals surface area contributed by atoms with Crippen molar-refractivity contribution in [2.75, 3.05) is 26.2 Å². The second-order valence-electron chi connectivity index (χ2n) is 9.59. The Morgan fingerprint density at radius 3 is 1.88 bits per heavy atom. The van der Waals surface area contributed by atoms with Gasteiger partial charge in [-0.2, -0.15) is 0 Å². The molecule has 33 heavy (non-hydrogen) atoms. The molecule has 0 aliphatic carbocycles. The molecule has 0 atom stereocenters. The number of carbonyl (C=O) groups is 3. The lowest BCUT2D eigenvalue weighted by molar-refractivity contribution is 0.0512. The minimum absolute atomic E-state index is 0.163. The maximum atomic E-state index is 12.6. The van der Waals surface area contributed by atoms with Gasteiger partial charge in [0.1, 0.15) is 17.8 Å². The summed E-state index contributed by atoms with van der Waals surface area (Å²) in [7, 11) is 0. The van der Waals surface area contributed by atoms with Crippen LogP contribution in [0.2, 0.25) is 0 Å². The molecule has 0 aliphatic rings. The Morgan fingerprint density at radius 1 is 0.788 bits per heavy atom. The summed E-state index contributed by atoms with van der Waals surface area (Å²) in [6, 6.07) is 9.41. The van der Waals surface area contributed by atoms with Gasteiger partial charge in [-0.05, 0) is 59.9 Å². The van der Waals surface area contributed by atoms with Crippen LogP contribution < -0.4 is 10.6 Å². The van der Waals surface area contributed by atoms with Crippen molar-refractivity contribution in [3.8, 4) is 0 Å². The van der Waals surface area contributed by atoms with Crippen molar-refractivity contribution < 1.29 is 28.6 Å². The molecule has 0 saturated heterocycles. The summed E-state index contributed by atoms with van der Waals surface area (Å²) < 4.78 is 15.9. The van der Waals surface area contributed by atoms with Crippen molar-refractivity contribution in [2.24, 2.45) is 0 Å². The van der Waals surface area contributed by atoms with E-state index in [1.165, 1.54) is 4.90 Å². The number of nitrogens with one attached hydrogen (secondary N) is 2. The minimum Gasteiger partial charge on any atom is -0.445 e. The molecule has 0 fully saturated rings. The third-order valence-corrected chi connectivity index (χ3v) is 4.04. The Kier molecular flexibility index (Phi) is 11.5. The molecule has 1 aromatic carbocycles. The van der Waals surface area contributed by atoms with Gasteiger partial charge in [0, 0.05) is 26.2 Å². The zero-order valence-electron chi connectivity index (χ0n) is 20.7. The lowest BCUT2D eigenvalue weighted by atomic mass is 10.2. The second kappa shape index (κ2) is 13.5. The van der Waals surface area contributed by atoms with Crippen LogP contribution in [0.4, 0.5) is 14.4 Å². The summed E-state index contributed by atoms with van der Waals surface area (Å²) in [5.74, 6) is 0. The molecule has 9 heteroatoms. The molecule has 1 aromatic rings. The van der Waals surface area contributed by atoms with E-state index in [9.17, 15) is 14.4 Å². The van der Waals surface area contributed by atoms with E-state index in [4.69, 9.17) is 14.2 Å². The van der Waals surface area contributed by atoms with E-state index < -0.39 is 29.5 Å². The highest BCUT2D eigenvalue weighted by Gasteiger charge is 2.19. The van der Waals surface area contributed by atoms with Crippen molar-refractivity contribution in [1.82, 2.24) is 15.5 Å². The van der Waals surface area contributed by atoms with Gasteiger partial charge in [0.05, 0.1) is 0 Å². The predicted octanol–water partition coefficient (Wildman–Crippen LogP) is 4.45. The smallest absolute Gasteiger partial charge is 0.410 e. The van der Waals surface area contributed by atoms with Crippen LogP contribution in [0.1, 0.15) is 59.9 Å². The predicted molar refractivity (Wildman–Crippen MR) is 126 cm³/mol. The molecule has 0 saturated carbocycles. The number of nitrogens with zero attached hydrogens (tertiary/aromatic N) is 1. The van der Waals surface area contributed by atoms with E-state index in [2.05, 4.69) is 10.6 Å². The highest BCUT2D eigenvalue weighted by molar-refractivity contribution is 5.69. The van der Waals surface area contributed by atoms with E-state index in [0.29, 0.717) is 25.9 Å². The van der Waals surface area contributed by atoms with Crippen LogP contribution in [0.15, 0.2) is 30.3 Å². The molecule has 0 heterocycles. The van der Waals surface area contributed by atoms with Gasteiger partial charge in [0.25, 0.3) is 0 Å². The fourth-order valence-corrected chi connectivity index (χ4v) is 2.64. The third kappa shape index (κ3) is 14.7. The van der Waals surface area contributed by atoms with Crippen molar-refractivity contribution in [1.29, 1.82) is 0 Å². The standard InChI is InChI=1S/C24H39N3O6/c1-23(2,3)32-20(28)25-14-10-11-16-27(17-15-26-21(29)33-24(4,5)6)22(30)31-18-19-12-8-7-9-13-19/h7-9,12-13H,10-11,14-18H2,1-6H3,(H,25,28)(H,26,29). The van der Waals surface area contributed by atoms with Crippen LogP contribution in [0, 0.1) is 0 Å². The van der Waals surface area contributed by atoms with E-state index in [0.717, 1.165) is 5.56 Å². The largest absolute Gasteiger partial charge is 0.445 e. The van der Waals surface area contributed by atoms with Gasteiger partial charge in [0.2, 0.25) is 0 Å². The zero-order chi connectivity index (χ0) is 24.9. The molecule has 0 aliphatic heterocycles. The third-order valence-electron chi connectivity index (χ3n) is 4.04. The number of rotatable bonds is 10. The van der Waals surface area contributed by atoms with Crippen LogP contribution in [0.3, 0.4) is 0 Å². The molecule has 2 N–H and O–H groups in total. The normalized spacial score (nSPS) is 11.3. The maximum absolute atomic E-state index is 12.6. The summed E-state index contributed by atoms with van der Waals surface area (Å²) in [5.41, 5.74) is -0.261. The number of ether oxygens (including phenoxy) is 3. The van der Waals surface area contributed by atoms with Crippen LogP contribution in [0.25, 0.3) is 0 Å². The SMILES string of the molecule is CC(C)(C)OC(=O)NCCCCN(CCNC(=O)OC(C)(C)C)C(=O)OCc1ccccc1. The molecule has 1 rings (SSSR count). The summed E-state index contributed by atoms with van der Waals surface area (Å²) in [4.78, 5) is 37.7. The lowest BCUT2D eigenvalue weighted by Crippen LogP contribution is -2.41. The second-order valence-corrected chi connectivity index (χ2v) is 9.59. The molecular weight excluding hydrogens is 426 g/mol. The van der Waals surface area contributed by atoms with E-state index in [1.54, 1.807) is 41.5 Å². The fourth-order valence-electron chi connectivity index (χ4n) is 2.64. The van der Waals surface area contributed by atoms with E-state index in [-0.39, 0.29) is 19.7 Å². The van der Waals surface area contributed by atoms with Crippen molar-refractivity contribution in [2.45, 2.75) is 72.2 Å². The molecule has 0 radical (unpaired) electrons. The molecule has 3 amide bonds. The van der Waals surface area contributed by atoms with Crippen LogP contribution >= 0.6 is 0 Å². The van der Waals surface area contributed by atoms with Gasteiger partial charge in [0.15, 0.2) is 0 Å². The van der Waals surface area contributed by atoms with E-state index in [1.807, 2.05) is 30.3 Å². The molecular formula is C24H39N3O6. The fraction of sp³-hybridized carbons (Fsp3) is 0.625. The number of benzene rings is 1. The Balaban J connectivity index is 2.49. The quantitative estimate of drug-likeness (QED) is 0.390. The number of hydrogen-bond acceptors (Lipinski definition) is 6. The molecule has 9 nitrogen and oxygen atoms in total. The van der Waals surface area contributed by atoms with Crippen LogP contribution in [-0.2, 0) is 20.8 Å². The Morgan fingerprint density at radius 2 is 1.33 bits per heavy atom. The highest BCUT2D eigenvalue weighted by atomic mass is 16.6. The maximum Gasteiger partial charge on any atom is 0.410 e. The number of alkyl carbamates (subject to hydrolysis) is 2. The topological polar surface area (TPSA) is 106 Å². The summed E-state index contributed by atoms with van der Waals surface area (Å²) in [5, 5.41) is 5.35. The van der Waals surface area contributed by atoms with Crippen molar-refractivity contribution >= 4 is 18.3 Å². The first kappa shape index (κ1) is 28.1. The van der Waals surface area contributed by atoms with Gasteiger partial charge in [-0.3, -0.25) is 0 Å². The van der Waals surface area contributed by atoms with Gasteiger partial charge in [-0.25, -0.2) is 14.4 Å². The molecule has 0 unspecified atom stereocenters. The van der Waals surface area contributed by atoms with Crippen LogP contribution in [0.5, 0.6) is 0 Å². The number of carbonyl (C=O) groups excluding carboxylic acids is 3. The average Bonchev–Trinajstić information content (AvgIpc) is 2.68. The highest BCUT2D eigenvalue weighted by Crippen LogP contribution is 2.08. The van der Waals surface area contributed by atoms with Gasteiger partial charge < -0.3 is 29.7 Å². The first-order valence-corrected chi connectivity index (χ1v) is 11.2. The van der Waals surface area contributed by atoms with Gasteiger partial charge in [-0.15, -0.1) is 0 Å². The van der Waals surface area contributed by atoms with Crippen LogP contribution in [-0.4, -0.2) is 60.6 Å². The number of hydrogen-bond donors (Lipinski definition) is 2. The first-order chi connectivity index (χ1) is 15.4. The average molecular weight is 466 g/mol. The Hall–Kier alpha value is -2.97. The minimum atomic E-state index is -0.598. The van der Waals surface area contributed by atoms with Crippen molar-refractivity contribution in [3.05, 3.63) is 35.9 Å². The molecule has 0 spiro atoms. The van der Waals surface area contributed by atoms with Gasteiger partial charge >= 0.3 is 18.3 Å². The monoisotopic (exact) mass is 465 g/mol. The Bertz CT molecular complexity index is 741. The van der Waals surface area contributed by atoms with Gasteiger partial charge in [-0.1, -0.05) is 30.3 Å². The molecule has 0 bridgehead atoms. The number of unbranched alkanes of at least 4 members (excludes halogenated alkanes) is 1. The Labute approximate surface area is 197 Å². The van der Waals surface area contributed by atoms with Crippen molar-refractivity contribution in [3.63, 3.8) is 0 Å². The molecule has 0 aromatic heterocycles.